The van der Waals surface area contributed by atoms with E-state index in [-0.39, 0.29) is 33.4 Å². The Hall–Kier alpha value is -0.170. The second-order valence-corrected chi connectivity index (χ2v) is 7.83. The van der Waals surface area contributed by atoms with Gasteiger partial charge in [-0.1, -0.05) is 35.4 Å². The van der Waals surface area contributed by atoms with Crippen LogP contribution < -0.4 is 0 Å². The van der Waals surface area contributed by atoms with Crippen LogP contribution in [0.4, 0.5) is 0 Å². The Morgan fingerprint density at radius 1 is 1.38 bits per heavy atom. The van der Waals surface area contributed by atoms with Gasteiger partial charge in [0.2, 0.25) is 0 Å². The fourth-order valence-electron chi connectivity index (χ4n) is 4.06. The molecular weight excluding hydrogens is 383 g/mol. The normalized spacial score (nSPS) is 33.1. The topological polar surface area (TPSA) is 52.6 Å². The first-order valence-electron chi connectivity index (χ1n) is 7.80. The van der Waals surface area contributed by atoms with Crippen molar-refractivity contribution in [2.24, 2.45) is 11.3 Å². The van der Waals surface area contributed by atoms with Crippen LogP contribution in [-0.2, 0) is 19.1 Å². The van der Waals surface area contributed by atoms with Gasteiger partial charge in [0.25, 0.3) is 0 Å². The molecule has 2 saturated carbocycles. The number of ketones is 1. The van der Waals surface area contributed by atoms with Gasteiger partial charge in [0.15, 0.2) is 0 Å². The van der Waals surface area contributed by atoms with Crippen molar-refractivity contribution in [1.29, 1.82) is 0 Å². The van der Waals surface area contributed by atoms with E-state index in [1.807, 2.05) is 6.92 Å². The van der Waals surface area contributed by atoms with Gasteiger partial charge in [0, 0.05) is 25.9 Å². The molecule has 0 aliphatic heterocycles. The highest BCUT2D eigenvalue weighted by molar-refractivity contribution is 14.1. The zero-order valence-corrected chi connectivity index (χ0v) is 15.2. The van der Waals surface area contributed by atoms with Crippen LogP contribution >= 0.6 is 22.6 Å². The summed E-state index contributed by atoms with van der Waals surface area (Å²) in [6.07, 6.45) is 5.82. The van der Waals surface area contributed by atoms with Crippen LogP contribution in [0.25, 0.3) is 0 Å². The van der Waals surface area contributed by atoms with Gasteiger partial charge in [0.05, 0.1) is 10.0 Å². The summed E-state index contributed by atoms with van der Waals surface area (Å²) in [5.74, 6) is 0.410. The predicted molar refractivity (Wildman–Crippen MR) is 88.5 cm³/mol. The molecule has 0 aromatic heterocycles. The molecular formula is C16H25IO4. The molecule has 0 radical (unpaired) electrons. The van der Waals surface area contributed by atoms with E-state index in [9.17, 15) is 9.59 Å². The van der Waals surface area contributed by atoms with Crippen LogP contribution in [0.1, 0.15) is 52.4 Å². The van der Waals surface area contributed by atoms with Crippen LogP contribution in [0.3, 0.4) is 0 Å². The highest BCUT2D eigenvalue weighted by Gasteiger charge is 2.56. The van der Waals surface area contributed by atoms with Gasteiger partial charge in [-0.2, -0.15) is 0 Å². The number of hydrogen-bond donors (Lipinski definition) is 0. The molecule has 5 atom stereocenters. The summed E-state index contributed by atoms with van der Waals surface area (Å²) in [7, 11) is 1.71. The summed E-state index contributed by atoms with van der Waals surface area (Å²) in [6.45, 7) is 3.34. The minimum absolute atomic E-state index is 0.0375. The van der Waals surface area contributed by atoms with E-state index in [1.54, 1.807) is 7.11 Å². The molecule has 0 saturated heterocycles. The van der Waals surface area contributed by atoms with E-state index in [0.29, 0.717) is 5.78 Å². The number of esters is 1. The van der Waals surface area contributed by atoms with Crippen molar-refractivity contribution in [1.82, 2.24) is 0 Å². The van der Waals surface area contributed by atoms with Crippen molar-refractivity contribution in [3.63, 3.8) is 0 Å². The maximum Gasteiger partial charge on any atom is 0.302 e. The molecule has 0 N–H and O–H groups in total. The van der Waals surface area contributed by atoms with Crippen molar-refractivity contribution in [2.75, 3.05) is 7.11 Å². The number of ether oxygens (including phenoxy) is 2. The van der Waals surface area contributed by atoms with E-state index < -0.39 is 0 Å². The number of Topliss-reactive ketones (excluding diaryl/α,β-unsaturated/α-hetero) is 1. The van der Waals surface area contributed by atoms with Gasteiger partial charge < -0.3 is 9.47 Å². The average molecular weight is 408 g/mol. The Bertz CT molecular complexity index is 411. The first-order chi connectivity index (χ1) is 9.92. The Kier molecular flexibility index (Phi) is 5.68. The molecule has 4 nitrogen and oxygen atoms in total. The first kappa shape index (κ1) is 17.2. The van der Waals surface area contributed by atoms with Crippen LogP contribution in [0.5, 0.6) is 0 Å². The fourth-order valence-corrected chi connectivity index (χ4v) is 5.00. The Labute approximate surface area is 140 Å². The highest BCUT2D eigenvalue weighted by atomic mass is 127. The number of methoxy groups -OCH3 is 1. The molecule has 2 rings (SSSR count). The van der Waals surface area contributed by atoms with Crippen molar-refractivity contribution in [2.45, 2.75) is 68.5 Å². The van der Waals surface area contributed by atoms with Crippen LogP contribution in [0.15, 0.2) is 0 Å². The Morgan fingerprint density at radius 3 is 2.57 bits per heavy atom. The van der Waals surface area contributed by atoms with E-state index >= 15 is 0 Å². The molecule has 2 fully saturated rings. The standard InChI is InChI=1S/C16H25IO4/c1-10(21-11(2)18)14(17)15(20-3)12-6-4-5-8-16(12)9-7-13(16)19/h10,12,14-15H,4-9H2,1-3H3/t10-,12+,14-,15-,16+/m0/s1. The maximum absolute atomic E-state index is 12.3. The molecule has 0 heterocycles. The van der Waals surface area contributed by atoms with Crippen LogP contribution in [0, 0.1) is 11.3 Å². The SMILES string of the molecule is CO[C@H]([C@@H](I)[C@H](C)OC(C)=O)[C@H]1CCCC[C@@]12CCC2=O. The monoisotopic (exact) mass is 408 g/mol. The molecule has 21 heavy (non-hydrogen) atoms. The number of carbonyl (C=O) groups is 2. The minimum atomic E-state index is -0.267. The van der Waals surface area contributed by atoms with Gasteiger partial charge in [-0.25, -0.2) is 0 Å². The summed E-state index contributed by atoms with van der Waals surface area (Å²) >= 11 is 2.32. The van der Waals surface area contributed by atoms with Gasteiger partial charge in [-0.05, 0) is 32.1 Å². The van der Waals surface area contributed by atoms with Crippen molar-refractivity contribution in [3.05, 3.63) is 0 Å². The third kappa shape index (κ3) is 3.28. The third-order valence-electron chi connectivity index (χ3n) is 5.23. The summed E-state index contributed by atoms with van der Waals surface area (Å²) in [5, 5.41) is 0. The summed E-state index contributed by atoms with van der Waals surface area (Å²) in [5.41, 5.74) is -0.154. The maximum atomic E-state index is 12.3. The van der Waals surface area contributed by atoms with Crippen molar-refractivity contribution >= 4 is 34.3 Å². The molecule has 0 aromatic rings. The van der Waals surface area contributed by atoms with E-state index in [4.69, 9.17) is 9.47 Å². The minimum Gasteiger partial charge on any atom is -0.462 e. The zero-order valence-electron chi connectivity index (χ0n) is 13.1. The zero-order chi connectivity index (χ0) is 15.6. The lowest BCUT2D eigenvalue weighted by Gasteiger charge is -2.52. The second-order valence-electron chi connectivity index (χ2n) is 6.39. The molecule has 5 heteroatoms. The number of carbonyl (C=O) groups excluding carboxylic acids is 2. The van der Waals surface area contributed by atoms with Gasteiger partial charge in [0.1, 0.15) is 11.9 Å². The lowest BCUT2D eigenvalue weighted by atomic mass is 9.53. The number of alkyl halides is 1. The molecule has 120 valence electrons. The lowest BCUT2D eigenvalue weighted by molar-refractivity contribution is -0.157. The van der Waals surface area contributed by atoms with Crippen LogP contribution in [0.2, 0.25) is 0 Å². The molecule has 0 bridgehead atoms. The largest absolute Gasteiger partial charge is 0.462 e. The quantitative estimate of drug-likeness (QED) is 0.398. The van der Waals surface area contributed by atoms with Gasteiger partial charge in [-0.15, -0.1) is 0 Å². The smallest absolute Gasteiger partial charge is 0.302 e. The van der Waals surface area contributed by atoms with E-state index in [0.717, 1.165) is 38.5 Å². The lowest BCUT2D eigenvalue weighted by Crippen LogP contribution is -2.55. The highest BCUT2D eigenvalue weighted by Crippen LogP contribution is 2.55. The summed E-state index contributed by atoms with van der Waals surface area (Å²) < 4.78 is 11.2. The Morgan fingerprint density at radius 2 is 2.10 bits per heavy atom. The molecule has 0 aromatic carbocycles. The van der Waals surface area contributed by atoms with E-state index in [1.165, 1.54) is 6.92 Å². The van der Waals surface area contributed by atoms with Gasteiger partial charge in [-0.3, -0.25) is 9.59 Å². The average Bonchev–Trinajstić information content (AvgIpc) is 2.46. The predicted octanol–water partition coefficient (Wildman–Crippen LogP) is 3.30. The number of halogens is 1. The van der Waals surface area contributed by atoms with Crippen LogP contribution in [-0.4, -0.2) is 35.0 Å². The molecule has 1 spiro atoms. The van der Waals surface area contributed by atoms with Crippen molar-refractivity contribution < 1.29 is 19.1 Å². The van der Waals surface area contributed by atoms with E-state index in [2.05, 4.69) is 22.6 Å². The summed E-state index contributed by atoms with van der Waals surface area (Å²) in [4.78, 5) is 23.4. The summed E-state index contributed by atoms with van der Waals surface area (Å²) in [6, 6.07) is 0. The Balaban J connectivity index is 2.14. The van der Waals surface area contributed by atoms with Gasteiger partial charge >= 0.3 is 5.97 Å². The fraction of sp³-hybridized carbons (Fsp3) is 0.875. The number of hydrogen-bond acceptors (Lipinski definition) is 4. The molecule has 2 aliphatic carbocycles. The van der Waals surface area contributed by atoms with Crippen molar-refractivity contribution in [3.8, 4) is 0 Å². The third-order valence-corrected chi connectivity index (χ3v) is 6.96. The molecule has 0 unspecified atom stereocenters. The number of rotatable bonds is 5. The molecule has 0 amide bonds. The first-order valence-corrected chi connectivity index (χ1v) is 9.04. The second kappa shape index (κ2) is 6.94. The molecule has 2 aliphatic rings.